The first-order chi connectivity index (χ1) is 5.16. The highest BCUT2D eigenvalue weighted by molar-refractivity contribution is 4.84. The summed E-state index contributed by atoms with van der Waals surface area (Å²) in [6, 6.07) is 0. The quantitative estimate of drug-likeness (QED) is 0.450. The molecule has 0 unspecified atom stereocenters. The van der Waals surface area contributed by atoms with Crippen LogP contribution in [-0.4, -0.2) is 46.8 Å². The first-order valence-corrected chi connectivity index (χ1v) is 3.75. The lowest BCUT2D eigenvalue weighted by Gasteiger charge is -2.35. The van der Waals surface area contributed by atoms with Crippen LogP contribution in [0, 0.1) is 5.92 Å². The smallest absolute Gasteiger partial charge is 0.109 e. The van der Waals surface area contributed by atoms with Crippen molar-refractivity contribution in [3.05, 3.63) is 0 Å². The first-order valence-electron chi connectivity index (χ1n) is 3.75. The van der Waals surface area contributed by atoms with Gasteiger partial charge in [0.1, 0.15) is 12.2 Å². The van der Waals surface area contributed by atoms with Gasteiger partial charge in [0.2, 0.25) is 0 Å². The van der Waals surface area contributed by atoms with Gasteiger partial charge in [0.15, 0.2) is 0 Å². The number of hydrogen-bond donors (Lipinski definition) is 3. The van der Waals surface area contributed by atoms with E-state index in [-0.39, 0.29) is 12.5 Å². The molecule has 1 saturated heterocycles. The van der Waals surface area contributed by atoms with Crippen LogP contribution in [-0.2, 0) is 4.74 Å². The highest BCUT2D eigenvalue weighted by Crippen LogP contribution is 2.19. The van der Waals surface area contributed by atoms with E-state index in [1.165, 1.54) is 0 Å². The molecule has 11 heavy (non-hydrogen) atoms. The molecular weight excluding hydrogens is 148 g/mol. The van der Waals surface area contributed by atoms with Gasteiger partial charge >= 0.3 is 0 Å². The van der Waals surface area contributed by atoms with Gasteiger partial charge in [-0.05, 0) is 0 Å². The lowest BCUT2D eigenvalue weighted by atomic mass is 9.94. The van der Waals surface area contributed by atoms with Crippen LogP contribution in [0.4, 0.5) is 0 Å². The fourth-order valence-corrected chi connectivity index (χ4v) is 1.19. The minimum atomic E-state index is -0.955. The van der Waals surface area contributed by atoms with Gasteiger partial charge in [0.05, 0.1) is 19.3 Å². The van der Waals surface area contributed by atoms with E-state index >= 15 is 0 Å². The van der Waals surface area contributed by atoms with Crippen LogP contribution in [0.15, 0.2) is 0 Å². The van der Waals surface area contributed by atoms with Gasteiger partial charge in [-0.2, -0.15) is 0 Å². The third kappa shape index (κ3) is 1.70. The molecule has 0 aromatic carbocycles. The lowest BCUT2D eigenvalue weighted by Crippen LogP contribution is -2.50. The van der Waals surface area contributed by atoms with Crippen LogP contribution in [0.3, 0.4) is 0 Å². The standard InChI is InChI=1S/C7H14O4/c1-4-3-11-5(2-8)7(10)6(4)9/h4-10H,2-3H2,1H3/t4-,5+,6+,7-/m0/s1. The van der Waals surface area contributed by atoms with Gasteiger partial charge in [-0.15, -0.1) is 0 Å². The molecule has 0 bridgehead atoms. The molecule has 1 heterocycles. The van der Waals surface area contributed by atoms with Gasteiger partial charge in [0.25, 0.3) is 0 Å². The van der Waals surface area contributed by atoms with Gasteiger partial charge in [-0.1, -0.05) is 6.92 Å². The summed E-state index contributed by atoms with van der Waals surface area (Å²) in [5.41, 5.74) is 0. The average Bonchev–Trinajstić information content (AvgIpc) is 2.01. The monoisotopic (exact) mass is 162 g/mol. The highest BCUT2D eigenvalue weighted by Gasteiger charge is 2.35. The van der Waals surface area contributed by atoms with Gasteiger partial charge in [-0.25, -0.2) is 0 Å². The molecular formula is C7H14O4. The van der Waals surface area contributed by atoms with Crippen LogP contribution in [0.5, 0.6) is 0 Å². The second kappa shape index (κ2) is 3.49. The maximum Gasteiger partial charge on any atom is 0.109 e. The normalized spacial score (nSPS) is 45.8. The molecule has 0 radical (unpaired) electrons. The fourth-order valence-electron chi connectivity index (χ4n) is 1.19. The van der Waals surface area contributed by atoms with Crippen LogP contribution >= 0.6 is 0 Å². The van der Waals surface area contributed by atoms with Crippen molar-refractivity contribution in [3.8, 4) is 0 Å². The Morgan fingerprint density at radius 2 is 2.00 bits per heavy atom. The van der Waals surface area contributed by atoms with E-state index < -0.39 is 18.3 Å². The van der Waals surface area contributed by atoms with E-state index in [2.05, 4.69) is 0 Å². The predicted octanol–water partition coefficient (Wildman–Crippen LogP) is -1.26. The van der Waals surface area contributed by atoms with Crippen LogP contribution in [0.2, 0.25) is 0 Å². The maximum absolute atomic E-state index is 9.31. The molecule has 0 saturated carbocycles. The molecule has 0 amide bonds. The molecule has 1 fully saturated rings. The molecule has 66 valence electrons. The molecule has 4 heteroatoms. The van der Waals surface area contributed by atoms with Crippen molar-refractivity contribution in [3.63, 3.8) is 0 Å². The summed E-state index contributed by atoms with van der Waals surface area (Å²) in [5.74, 6) is -0.0622. The Balaban J connectivity index is 2.52. The zero-order chi connectivity index (χ0) is 8.43. The van der Waals surface area contributed by atoms with Crippen molar-refractivity contribution in [1.82, 2.24) is 0 Å². The SMILES string of the molecule is C[C@H]1CO[C@H](CO)[C@H](O)[C@@H]1O. The Morgan fingerprint density at radius 1 is 1.36 bits per heavy atom. The van der Waals surface area contributed by atoms with E-state index in [1.807, 2.05) is 0 Å². The molecule has 0 aromatic rings. The molecule has 0 aliphatic carbocycles. The van der Waals surface area contributed by atoms with Crippen molar-refractivity contribution in [2.75, 3.05) is 13.2 Å². The average molecular weight is 162 g/mol. The second-order valence-electron chi connectivity index (χ2n) is 3.01. The number of aliphatic hydroxyl groups is 3. The minimum Gasteiger partial charge on any atom is -0.394 e. The fraction of sp³-hybridized carbons (Fsp3) is 1.00. The van der Waals surface area contributed by atoms with Crippen molar-refractivity contribution < 1.29 is 20.1 Å². The van der Waals surface area contributed by atoms with Gasteiger partial charge in [0, 0.05) is 5.92 Å². The van der Waals surface area contributed by atoms with Crippen molar-refractivity contribution in [2.24, 2.45) is 5.92 Å². The number of aliphatic hydroxyl groups excluding tert-OH is 3. The third-order valence-corrected chi connectivity index (χ3v) is 2.07. The zero-order valence-corrected chi connectivity index (χ0v) is 6.47. The molecule has 1 aliphatic rings. The van der Waals surface area contributed by atoms with Gasteiger partial charge < -0.3 is 20.1 Å². The first kappa shape index (κ1) is 8.93. The minimum absolute atomic E-state index is 0.0622. The summed E-state index contributed by atoms with van der Waals surface area (Å²) in [6.45, 7) is 1.94. The third-order valence-electron chi connectivity index (χ3n) is 2.07. The largest absolute Gasteiger partial charge is 0.394 e. The Bertz CT molecular complexity index is 126. The van der Waals surface area contributed by atoms with E-state index in [1.54, 1.807) is 6.92 Å². The lowest BCUT2D eigenvalue weighted by molar-refractivity contribution is -0.170. The molecule has 1 aliphatic heterocycles. The Hall–Kier alpha value is -0.160. The summed E-state index contributed by atoms with van der Waals surface area (Å²) >= 11 is 0. The molecule has 0 spiro atoms. The number of hydrogen-bond acceptors (Lipinski definition) is 4. The Morgan fingerprint density at radius 3 is 2.55 bits per heavy atom. The van der Waals surface area contributed by atoms with E-state index in [0.29, 0.717) is 6.61 Å². The van der Waals surface area contributed by atoms with Crippen molar-refractivity contribution in [1.29, 1.82) is 0 Å². The summed E-state index contributed by atoms with van der Waals surface area (Å²) in [7, 11) is 0. The Kier molecular flexibility index (Phi) is 2.84. The van der Waals surface area contributed by atoms with Crippen LogP contribution in [0.1, 0.15) is 6.92 Å². The molecule has 4 nitrogen and oxygen atoms in total. The molecule has 0 aromatic heterocycles. The summed E-state index contributed by atoms with van der Waals surface area (Å²) in [6.07, 6.45) is -2.36. The molecule has 4 atom stereocenters. The second-order valence-corrected chi connectivity index (χ2v) is 3.01. The number of rotatable bonds is 1. The van der Waals surface area contributed by atoms with Crippen LogP contribution < -0.4 is 0 Å². The van der Waals surface area contributed by atoms with E-state index in [0.717, 1.165) is 0 Å². The molecule has 3 N–H and O–H groups in total. The van der Waals surface area contributed by atoms with E-state index in [9.17, 15) is 10.2 Å². The van der Waals surface area contributed by atoms with E-state index in [4.69, 9.17) is 9.84 Å². The molecule has 1 rings (SSSR count). The summed E-state index contributed by atoms with van der Waals surface area (Å²) in [4.78, 5) is 0. The summed E-state index contributed by atoms with van der Waals surface area (Å²) in [5, 5.41) is 27.2. The van der Waals surface area contributed by atoms with Gasteiger partial charge in [-0.3, -0.25) is 0 Å². The van der Waals surface area contributed by atoms with Crippen molar-refractivity contribution in [2.45, 2.75) is 25.2 Å². The number of ether oxygens (including phenoxy) is 1. The Labute approximate surface area is 65.4 Å². The van der Waals surface area contributed by atoms with Crippen LogP contribution in [0.25, 0.3) is 0 Å². The highest BCUT2D eigenvalue weighted by atomic mass is 16.5. The summed E-state index contributed by atoms with van der Waals surface area (Å²) < 4.78 is 5.06. The maximum atomic E-state index is 9.31. The topological polar surface area (TPSA) is 69.9 Å². The van der Waals surface area contributed by atoms with Crippen molar-refractivity contribution >= 4 is 0 Å². The zero-order valence-electron chi connectivity index (χ0n) is 6.47. The predicted molar refractivity (Wildman–Crippen MR) is 38.0 cm³/mol.